The van der Waals surface area contributed by atoms with E-state index >= 15 is 0 Å². The third kappa shape index (κ3) is 5.31. The number of likely N-dealkylation sites (tertiary alicyclic amines) is 1. The Morgan fingerprint density at radius 1 is 1.08 bits per heavy atom. The van der Waals surface area contributed by atoms with Gasteiger partial charge in [0.25, 0.3) is 0 Å². The maximum Gasteiger partial charge on any atom is 0.222 e. The average molecular weight is 379 g/mol. The quantitative estimate of drug-likeness (QED) is 0.797. The van der Waals surface area contributed by atoms with Crippen LogP contribution in [-0.4, -0.2) is 42.8 Å². The van der Waals surface area contributed by atoms with Gasteiger partial charge in [0.1, 0.15) is 0 Å². The maximum absolute atomic E-state index is 12.6. The zero-order valence-corrected chi connectivity index (χ0v) is 16.5. The molecule has 144 valence electrons. The van der Waals surface area contributed by atoms with Crippen LogP contribution in [-0.2, 0) is 4.79 Å². The minimum Gasteiger partial charge on any atom is -0.343 e. The fourth-order valence-electron chi connectivity index (χ4n) is 4.21. The Morgan fingerprint density at radius 2 is 1.69 bits per heavy atom. The predicted molar refractivity (Wildman–Crippen MR) is 107 cm³/mol. The summed E-state index contributed by atoms with van der Waals surface area (Å²) in [4.78, 5) is 27.2. The van der Waals surface area contributed by atoms with Gasteiger partial charge in [-0.05, 0) is 50.6 Å². The van der Waals surface area contributed by atoms with E-state index in [9.17, 15) is 9.59 Å². The summed E-state index contributed by atoms with van der Waals surface area (Å²) in [6.07, 6.45) is 4.61. The van der Waals surface area contributed by atoms with E-state index in [0.717, 1.165) is 44.6 Å². The molecule has 2 fully saturated rings. The Morgan fingerprint density at radius 3 is 2.31 bits per heavy atom. The summed E-state index contributed by atoms with van der Waals surface area (Å²) in [7, 11) is 0. The number of Topliss-reactive ketones (excluding diaryl/α,β-unsaturated/α-hetero) is 1. The molecule has 0 bridgehead atoms. The van der Waals surface area contributed by atoms with Crippen molar-refractivity contribution in [1.82, 2.24) is 10.2 Å². The van der Waals surface area contributed by atoms with Crippen molar-refractivity contribution in [2.75, 3.05) is 26.2 Å². The number of carbonyl (C=O) groups excluding carboxylic acids is 2. The monoisotopic (exact) mass is 378 g/mol. The van der Waals surface area contributed by atoms with Gasteiger partial charge >= 0.3 is 0 Å². The van der Waals surface area contributed by atoms with Crippen molar-refractivity contribution in [1.29, 1.82) is 0 Å². The molecule has 0 aliphatic carbocycles. The third-order valence-corrected chi connectivity index (χ3v) is 5.96. The topological polar surface area (TPSA) is 49.4 Å². The molecule has 2 aliphatic rings. The lowest BCUT2D eigenvalue weighted by Gasteiger charge is -2.34. The molecule has 5 heteroatoms. The molecule has 1 aromatic carbocycles. The van der Waals surface area contributed by atoms with Gasteiger partial charge in [-0.25, -0.2) is 0 Å². The van der Waals surface area contributed by atoms with Crippen molar-refractivity contribution in [2.45, 2.75) is 39.0 Å². The molecule has 3 rings (SSSR count). The van der Waals surface area contributed by atoms with Gasteiger partial charge in [-0.1, -0.05) is 37.3 Å². The van der Waals surface area contributed by atoms with Crippen molar-refractivity contribution in [2.24, 2.45) is 17.8 Å². The average Bonchev–Trinajstić information content (AvgIpc) is 2.69. The van der Waals surface area contributed by atoms with Crippen LogP contribution in [0.15, 0.2) is 30.3 Å². The highest BCUT2D eigenvalue weighted by Crippen LogP contribution is 2.27. The van der Waals surface area contributed by atoms with E-state index in [1.807, 2.05) is 35.2 Å². The zero-order valence-electron chi connectivity index (χ0n) is 15.7. The van der Waals surface area contributed by atoms with Gasteiger partial charge in [-0.15, -0.1) is 12.4 Å². The number of benzene rings is 1. The normalized spacial score (nSPS) is 20.3. The fourth-order valence-corrected chi connectivity index (χ4v) is 4.21. The van der Waals surface area contributed by atoms with Crippen LogP contribution in [0.3, 0.4) is 0 Å². The minimum absolute atomic E-state index is 0. The summed E-state index contributed by atoms with van der Waals surface area (Å²) in [6.45, 7) is 5.83. The lowest BCUT2D eigenvalue weighted by molar-refractivity contribution is -0.133. The summed E-state index contributed by atoms with van der Waals surface area (Å²) in [6, 6.07) is 9.53. The summed E-state index contributed by atoms with van der Waals surface area (Å²) >= 11 is 0. The van der Waals surface area contributed by atoms with E-state index in [-0.39, 0.29) is 30.0 Å². The van der Waals surface area contributed by atoms with Crippen LogP contribution in [0.25, 0.3) is 0 Å². The predicted octanol–water partition coefficient (Wildman–Crippen LogP) is 3.56. The molecule has 1 unspecified atom stereocenters. The van der Waals surface area contributed by atoms with E-state index < -0.39 is 0 Å². The summed E-state index contributed by atoms with van der Waals surface area (Å²) in [5.41, 5.74) is 0.798. The van der Waals surface area contributed by atoms with Crippen LogP contribution in [0, 0.1) is 17.8 Å². The molecule has 0 aromatic heterocycles. The van der Waals surface area contributed by atoms with Crippen LogP contribution >= 0.6 is 12.4 Å². The number of piperidine rings is 2. The molecule has 0 radical (unpaired) electrons. The minimum atomic E-state index is 0. The molecule has 2 heterocycles. The number of rotatable bonds is 5. The number of nitrogens with one attached hydrogen (secondary N) is 1. The van der Waals surface area contributed by atoms with Gasteiger partial charge in [0.05, 0.1) is 0 Å². The second-order valence-corrected chi connectivity index (χ2v) is 7.65. The van der Waals surface area contributed by atoms with Crippen molar-refractivity contribution < 1.29 is 9.59 Å². The summed E-state index contributed by atoms with van der Waals surface area (Å²) < 4.78 is 0. The number of ketones is 1. The Balaban J connectivity index is 0.00000243. The largest absolute Gasteiger partial charge is 0.343 e. The first kappa shape index (κ1) is 20.9. The van der Waals surface area contributed by atoms with Gasteiger partial charge < -0.3 is 10.2 Å². The van der Waals surface area contributed by atoms with Gasteiger partial charge in [-0.2, -0.15) is 0 Å². The van der Waals surface area contributed by atoms with Gasteiger partial charge in [0, 0.05) is 31.0 Å². The number of amides is 1. The first-order valence-corrected chi connectivity index (χ1v) is 9.73. The smallest absolute Gasteiger partial charge is 0.222 e. The molecule has 1 atom stereocenters. The van der Waals surface area contributed by atoms with E-state index in [2.05, 4.69) is 12.2 Å². The van der Waals surface area contributed by atoms with Gasteiger partial charge in [0.2, 0.25) is 5.91 Å². The fraction of sp³-hybridized carbons (Fsp3) is 0.619. The van der Waals surface area contributed by atoms with Crippen LogP contribution in [0.2, 0.25) is 0 Å². The van der Waals surface area contributed by atoms with Crippen molar-refractivity contribution in [3.8, 4) is 0 Å². The maximum atomic E-state index is 12.6. The molecule has 1 amide bonds. The van der Waals surface area contributed by atoms with Crippen LogP contribution in [0.5, 0.6) is 0 Å². The summed E-state index contributed by atoms with van der Waals surface area (Å²) in [5, 5.41) is 3.39. The third-order valence-electron chi connectivity index (χ3n) is 5.96. The van der Waals surface area contributed by atoms with Crippen molar-refractivity contribution in [3.05, 3.63) is 35.9 Å². The molecule has 0 saturated carbocycles. The molecule has 1 N–H and O–H groups in total. The second kappa shape index (κ2) is 10.1. The van der Waals surface area contributed by atoms with Crippen LogP contribution in [0.1, 0.15) is 49.4 Å². The van der Waals surface area contributed by atoms with Gasteiger partial charge in [0.15, 0.2) is 5.78 Å². The number of hydrogen-bond donors (Lipinski definition) is 1. The zero-order chi connectivity index (χ0) is 17.6. The summed E-state index contributed by atoms with van der Waals surface area (Å²) in [5.74, 6) is 1.70. The first-order valence-electron chi connectivity index (χ1n) is 9.73. The molecule has 26 heavy (non-hydrogen) atoms. The molecule has 0 spiro atoms. The molecule has 2 saturated heterocycles. The van der Waals surface area contributed by atoms with Crippen LogP contribution in [0.4, 0.5) is 0 Å². The molecular formula is C21H31ClN2O2. The first-order chi connectivity index (χ1) is 12.1. The SMILES string of the molecule is CC(CC(=O)N1CCC(C(=O)c2ccccc2)CC1)C1CCNCC1.Cl. The van der Waals surface area contributed by atoms with E-state index in [1.165, 1.54) is 12.8 Å². The molecule has 4 nitrogen and oxygen atoms in total. The van der Waals surface area contributed by atoms with Crippen LogP contribution < -0.4 is 5.32 Å². The highest BCUT2D eigenvalue weighted by Gasteiger charge is 2.29. The highest BCUT2D eigenvalue weighted by molar-refractivity contribution is 5.98. The highest BCUT2D eigenvalue weighted by atomic mass is 35.5. The number of carbonyl (C=O) groups is 2. The van der Waals surface area contributed by atoms with E-state index in [0.29, 0.717) is 18.3 Å². The van der Waals surface area contributed by atoms with E-state index in [1.54, 1.807) is 0 Å². The standard InChI is InChI=1S/C21H30N2O2.ClH/c1-16(17-7-11-22-12-8-17)15-20(24)23-13-9-19(10-14-23)21(25)18-5-3-2-4-6-18;/h2-6,16-17,19,22H,7-15H2,1H3;1H. The van der Waals surface area contributed by atoms with Crippen molar-refractivity contribution in [3.63, 3.8) is 0 Å². The number of nitrogens with zero attached hydrogens (tertiary/aromatic N) is 1. The van der Waals surface area contributed by atoms with E-state index in [4.69, 9.17) is 0 Å². The second-order valence-electron chi connectivity index (χ2n) is 7.65. The lowest BCUT2D eigenvalue weighted by atomic mass is 9.83. The molecule has 1 aromatic rings. The lowest BCUT2D eigenvalue weighted by Crippen LogP contribution is -2.41. The Bertz CT molecular complexity index is 579. The van der Waals surface area contributed by atoms with Gasteiger partial charge in [-0.3, -0.25) is 9.59 Å². The Kier molecular flexibility index (Phi) is 8.11. The molecular weight excluding hydrogens is 348 g/mol. The van der Waals surface area contributed by atoms with Crippen molar-refractivity contribution >= 4 is 24.1 Å². The number of halogens is 1. The Labute approximate surface area is 163 Å². The number of hydrogen-bond acceptors (Lipinski definition) is 3. The molecule has 2 aliphatic heterocycles. The Hall–Kier alpha value is -1.39.